The molecule has 0 saturated heterocycles. The Labute approximate surface area is 167 Å². The van der Waals surface area contributed by atoms with Crippen molar-refractivity contribution in [1.82, 2.24) is 9.78 Å². The molecule has 0 aliphatic heterocycles. The Morgan fingerprint density at radius 2 is 1.70 bits per heavy atom. The first-order valence-corrected chi connectivity index (χ1v) is 8.74. The molecule has 0 fully saturated rings. The van der Waals surface area contributed by atoms with Crippen molar-refractivity contribution in [3.8, 4) is 5.69 Å². The molecular formula is C20H15F6N3O. The molecule has 0 unspecified atom stereocenters. The lowest BCUT2D eigenvalue weighted by Gasteiger charge is -2.14. The maximum absolute atomic E-state index is 13.7. The van der Waals surface area contributed by atoms with Crippen LogP contribution in [0.1, 0.15) is 34.1 Å². The van der Waals surface area contributed by atoms with Crippen LogP contribution in [0.15, 0.2) is 54.7 Å². The van der Waals surface area contributed by atoms with Gasteiger partial charge in [-0.2, -0.15) is 31.4 Å². The van der Waals surface area contributed by atoms with Crippen molar-refractivity contribution in [3.63, 3.8) is 0 Å². The predicted octanol–water partition coefficient (Wildman–Crippen LogP) is 5.72. The van der Waals surface area contributed by atoms with E-state index >= 15 is 0 Å². The minimum absolute atomic E-state index is 0.284. The van der Waals surface area contributed by atoms with Crippen LogP contribution in [0.4, 0.5) is 32.0 Å². The first-order chi connectivity index (χ1) is 14.0. The van der Waals surface area contributed by atoms with Crippen LogP contribution in [0.2, 0.25) is 0 Å². The number of aryl methyl sites for hydroxylation is 1. The zero-order valence-corrected chi connectivity index (χ0v) is 15.5. The van der Waals surface area contributed by atoms with E-state index in [4.69, 9.17) is 0 Å². The first kappa shape index (κ1) is 21.4. The number of aromatic nitrogens is 2. The molecule has 0 spiro atoms. The van der Waals surface area contributed by atoms with E-state index in [1.807, 2.05) is 6.92 Å². The van der Waals surface area contributed by atoms with Gasteiger partial charge >= 0.3 is 12.4 Å². The van der Waals surface area contributed by atoms with Gasteiger partial charge in [0.2, 0.25) is 0 Å². The van der Waals surface area contributed by atoms with Crippen LogP contribution in [0.25, 0.3) is 5.69 Å². The number of hydrogen-bond donors (Lipinski definition) is 1. The number of carbonyl (C=O) groups is 1. The molecule has 0 bridgehead atoms. The first-order valence-electron chi connectivity index (χ1n) is 8.74. The Kier molecular flexibility index (Phi) is 5.60. The van der Waals surface area contributed by atoms with Crippen molar-refractivity contribution in [1.29, 1.82) is 0 Å². The molecule has 30 heavy (non-hydrogen) atoms. The van der Waals surface area contributed by atoms with Gasteiger partial charge < -0.3 is 5.32 Å². The molecule has 1 amide bonds. The third-order valence-electron chi connectivity index (χ3n) is 4.29. The van der Waals surface area contributed by atoms with Gasteiger partial charge in [0.25, 0.3) is 5.91 Å². The van der Waals surface area contributed by atoms with Crippen LogP contribution in [0.3, 0.4) is 0 Å². The highest BCUT2D eigenvalue weighted by molar-refractivity contribution is 6.05. The second kappa shape index (κ2) is 7.85. The summed E-state index contributed by atoms with van der Waals surface area (Å²) < 4.78 is 80.3. The minimum atomic E-state index is -5.04. The van der Waals surface area contributed by atoms with Crippen LogP contribution in [0, 0.1) is 0 Å². The second-order valence-electron chi connectivity index (χ2n) is 6.37. The van der Waals surface area contributed by atoms with E-state index in [-0.39, 0.29) is 4.68 Å². The minimum Gasteiger partial charge on any atom is -0.322 e. The van der Waals surface area contributed by atoms with Crippen LogP contribution in [-0.4, -0.2) is 15.7 Å². The number of amides is 1. The number of nitrogens with zero attached hydrogens (tertiary/aromatic N) is 2. The molecule has 0 radical (unpaired) electrons. The molecule has 3 aromatic rings. The zero-order chi connectivity index (χ0) is 22.1. The average Bonchev–Trinajstić information content (AvgIpc) is 3.13. The Hall–Kier alpha value is -3.30. The maximum atomic E-state index is 13.7. The molecule has 1 N–H and O–H groups in total. The summed E-state index contributed by atoms with van der Waals surface area (Å²) in [5.41, 5.74) is -2.72. The number of benzene rings is 2. The van der Waals surface area contributed by atoms with E-state index in [0.717, 1.165) is 23.8 Å². The molecule has 3 rings (SSSR count). The van der Waals surface area contributed by atoms with Gasteiger partial charge in [0.1, 0.15) is 0 Å². The standard InChI is InChI=1S/C20H15F6N3O/c1-2-12-5-3-7-14(9-12)28-18(30)16-11-27-29(17(16)20(24,25)26)15-8-4-6-13(10-15)19(21,22)23/h3-11H,2H2,1H3,(H,28,30). The van der Waals surface area contributed by atoms with E-state index in [9.17, 15) is 31.1 Å². The quantitative estimate of drug-likeness (QED) is 0.541. The van der Waals surface area contributed by atoms with Gasteiger partial charge in [-0.1, -0.05) is 25.1 Å². The summed E-state index contributed by atoms with van der Waals surface area (Å²) in [5, 5.41) is 5.91. The molecule has 2 aromatic carbocycles. The van der Waals surface area contributed by atoms with Crippen LogP contribution in [0.5, 0.6) is 0 Å². The van der Waals surface area contributed by atoms with Gasteiger partial charge in [0, 0.05) is 5.69 Å². The Balaban J connectivity index is 2.04. The normalized spacial score (nSPS) is 12.1. The van der Waals surface area contributed by atoms with Gasteiger partial charge in [-0.15, -0.1) is 0 Å². The topological polar surface area (TPSA) is 46.9 Å². The van der Waals surface area contributed by atoms with Gasteiger partial charge in [-0.05, 0) is 42.3 Å². The van der Waals surface area contributed by atoms with E-state index < -0.39 is 40.8 Å². The summed E-state index contributed by atoms with van der Waals surface area (Å²) in [4.78, 5) is 12.5. The van der Waals surface area contributed by atoms with Crippen molar-refractivity contribution in [3.05, 3.63) is 77.1 Å². The molecule has 0 aliphatic rings. The highest BCUT2D eigenvalue weighted by atomic mass is 19.4. The lowest BCUT2D eigenvalue weighted by Crippen LogP contribution is -2.21. The van der Waals surface area contributed by atoms with E-state index in [1.54, 1.807) is 18.2 Å². The number of carbonyl (C=O) groups excluding carboxylic acids is 1. The monoisotopic (exact) mass is 427 g/mol. The smallest absolute Gasteiger partial charge is 0.322 e. The second-order valence-corrected chi connectivity index (χ2v) is 6.37. The molecule has 4 nitrogen and oxygen atoms in total. The van der Waals surface area contributed by atoms with Crippen molar-refractivity contribution in [2.75, 3.05) is 5.32 Å². The fraction of sp³-hybridized carbons (Fsp3) is 0.200. The molecule has 1 heterocycles. The zero-order valence-electron chi connectivity index (χ0n) is 15.5. The van der Waals surface area contributed by atoms with Gasteiger partial charge in [0.15, 0.2) is 5.69 Å². The maximum Gasteiger partial charge on any atom is 0.434 e. The van der Waals surface area contributed by atoms with Gasteiger partial charge in [-0.25, -0.2) is 4.68 Å². The van der Waals surface area contributed by atoms with Crippen LogP contribution >= 0.6 is 0 Å². The van der Waals surface area contributed by atoms with Gasteiger partial charge in [-0.3, -0.25) is 4.79 Å². The molecule has 1 aromatic heterocycles. The summed E-state index contributed by atoms with van der Waals surface area (Å²) in [6, 6.07) is 9.85. The summed E-state index contributed by atoms with van der Waals surface area (Å²) in [6.45, 7) is 1.88. The number of anilines is 1. The van der Waals surface area contributed by atoms with Crippen LogP contribution in [-0.2, 0) is 18.8 Å². The number of rotatable bonds is 4. The molecule has 158 valence electrons. The third-order valence-corrected chi connectivity index (χ3v) is 4.29. The molecule has 0 saturated carbocycles. The van der Waals surface area contributed by atoms with E-state index in [0.29, 0.717) is 24.4 Å². The molecule has 10 heteroatoms. The van der Waals surface area contributed by atoms with Crippen LogP contribution < -0.4 is 5.32 Å². The van der Waals surface area contributed by atoms with Crippen molar-refractivity contribution in [2.24, 2.45) is 0 Å². The highest BCUT2D eigenvalue weighted by Crippen LogP contribution is 2.35. The molecule has 0 aliphatic carbocycles. The Bertz CT molecular complexity index is 1070. The number of nitrogens with one attached hydrogen (secondary N) is 1. The average molecular weight is 427 g/mol. The molecule has 0 atom stereocenters. The van der Waals surface area contributed by atoms with Crippen molar-refractivity contribution < 1.29 is 31.1 Å². The fourth-order valence-corrected chi connectivity index (χ4v) is 2.86. The van der Waals surface area contributed by atoms with Crippen molar-refractivity contribution in [2.45, 2.75) is 25.7 Å². The van der Waals surface area contributed by atoms with Crippen molar-refractivity contribution >= 4 is 11.6 Å². The summed E-state index contributed by atoms with van der Waals surface area (Å²) >= 11 is 0. The SMILES string of the molecule is CCc1cccc(NC(=O)c2cnn(-c3cccc(C(F)(F)F)c3)c2C(F)(F)F)c1. The summed E-state index contributed by atoms with van der Waals surface area (Å²) in [7, 11) is 0. The number of alkyl halides is 6. The van der Waals surface area contributed by atoms with E-state index in [1.165, 1.54) is 6.07 Å². The number of hydrogen-bond acceptors (Lipinski definition) is 2. The Morgan fingerprint density at radius 3 is 2.33 bits per heavy atom. The molecular weight excluding hydrogens is 412 g/mol. The lowest BCUT2D eigenvalue weighted by molar-refractivity contribution is -0.143. The lowest BCUT2D eigenvalue weighted by atomic mass is 10.1. The summed E-state index contributed by atoms with van der Waals surface area (Å²) in [5.74, 6) is -1.08. The Morgan fingerprint density at radius 1 is 1.00 bits per heavy atom. The largest absolute Gasteiger partial charge is 0.434 e. The summed E-state index contributed by atoms with van der Waals surface area (Å²) in [6.07, 6.45) is -8.44. The highest BCUT2D eigenvalue weighted by Gasteiger charge is 2.41. The van der Waals surface area contributed by atoms with E-state index in [2.05, 4.69) is 10.4 Å². The fourth-order valence-electron chi connectivity index (χ4n) is 2.86. The van der Waals surface area contributed by atoms with Gasteiger partial charge in [0.05, 0.1) is 23.0 Å². The predicted molar refractivity (Wildman–Crippen MR) is 97.3 cm³/mol. The number of halogens is 6. The third kappa shape index (κ3) is 4.47.